The Balaban J connectivity index is 1.80. The monoisotopic (exact) mass is 310 g/mol. The Hall–Kier alpha value is -3.08. The van der Waals surface area contributed by atoms with E-state index in [4.69, 9.17) is 0 Å². The van der Waals surface area contributed by atoms with E-state index in [-0.39, 0.29) is 5.56 Å². The number of nitrogens with one attached hydrogen (secondary N) is 1. The van der Waals surface area contributed by atoms with Gasteiger partial charge in [-0.1, -0.05) is 42.5 Å². The maximum absolute atomic E-state index is 13.5. The highest BCUT2D eigenvalue weighted by atomic mass is 19.1. The molecule has 0 unspecified atom stereocenters. The fraction of sp³-hybridized carbons (Fsp3) is 0. The second-order valence-electron chi connectivity index (χ2n) is 4.89. The molecule has 0 spiro atoms. The van der Waals surface area contributed by atoms with Gasteiger partial charge in [-0.05, 0) is 29.0 Å². The summed E-state index contributed by atoms with van der Waals surface area (Å²) in [5.74, 6) is -2.29. The summed E-state index contributed by atoms with van der Waals surface area (Å²) in [4.78, 5) is 11.8. The van der Waals surface area contributed by atoms with Crippen molar-refractivity contribution >= 4 is 22.9 Å². The molecule has 0 atom stereocenters. The molecule has 0 saturated carbocycles. The molecule has 3 aromatic carbocycles. The van der Waals surface area contributed by atoms with Crippen molar-refractivity contribution in [3.05, 3.63) is 83.4 Å². The first-order valence-electron chi connectivity index (χ1n) is 6.91. The van der Waals surface area contributed by atoms with Crippen LogP contribution >= 0.6 is 0 Å². The Morgan fingerprint density at radius 2 is 1.78 bits per heavy atom. The quantitative estimate of drug-likeness (QED) is 0.579. The minimum absolute atomic E-state index is 0.389. The van der Waals surface area contributed by atoms with Crippen molar-refractivity contribution < 1.29 is 13.6 Å². The number of fused-ring (bicyclic) bond motifs is 1. The molecule has 0 aliphatic rings. The lowest BCUT2D eigenvalue weighted by Crippen LogP contribution is -2.19. The van der Waals surface area contributed by atoms with Crippen LogP contribution in [0.3, 0.4) is 0 Å². The largest absolute Gasteiger partial charge is 0.274 e. The summed E-state index contributed by atoms with van der Waals surface area (Å²) in [7, 11) is 0. The zero-order valence-electron chi connectivity index (χ0n) is 12.0. The molecule has 0 aliphatic heterocycles. The number of hydrogen-bond donors (Lipinski definition) is 1. The number of carbonyl (C=O) groups is 1. The maximum Gasteiger partial charge on any atom is 0.274 e. The van der Waals surface area contributed by atoms with Crippen molar-refractivity contribution in [3.8, 4) is 0 Å². The highest BCUT2D eigenvalue weighted by molar-refractivity contribution is 6.00. The van der Waals surface area contributed by atoms with Gasteiger partial charge in [-0.25, -0.2) is 14.2 Å². The Bertz CT molecular complexity index is 901. The second-order valence-corrected chi connectivity index (χ2v) is 4.89. The summed E-state index contributed by atoms with van der Waals surface area (Å²) in [6.07, 6.45) is 1.47. The Labute approximate surface area is 131 Å². The number of nitrogens with zero attached hydrogens (tertiary/aromatic N) is 1. The predicted octanol–water partition coefficient (Wildman–Crippen LogP) is 3.88. The van der Waals surface area contributed by atoms with Gasteiger partial charge in [0.1, 0.15) is 11.6 Å². The Morgan fingerprint density at radius 1 is 1.00 bits per heavy atom. The third-order valence-electron chi connectivity index (χ3n) is 3.37. The summed E-state index contributed by atoms with van der Waals surface area (Å²) in [6.45, 7) is 0. The fourth-order valence-corrected chi connectivity index (χ4v) is 2.26. The van der Waals surface area contributed by atoms with Gasteiger partial charge >= 0.3 is 0 Å². The van der Waals surface area contributed by atoms with Crippen molar-refractivity contribution in [1.29, 1.82) is 0 Å². The van der Waals surface area contributed by atoms with Crippen LogP contribution in [0.1, 0.15) is 15.9 Å². The highest BCUT2D eigenvalue weighted by Crippen LogP contribution is 2.16. The second kappa shape index (κ2) is 6.36. The van der Waals surface area contributed by atoms with Crippen molar-refractivity contribution in [1.82, 2.24) is 5.43 Å². The van der Waals surface area contributed by atoms with E-state index < -0.39 is 17.5 Å². The molecule has 3 aromatic rings. The van der Waals surface area contributed by atoms with E-state index in [1.807, 2.05) is 42.5 Å². The van der Waals surface area contributed by atoms with Crippen LogP contribution in [-0.4, -0.2) is 12.1 Å². The number of hydrogen-bond acceptors (Lipinski definition) is 2. The minimum Gasteiger partial charge on any atom is -0.267 e. The number of carbonyl (C=O) groups excluding carboxylic acids is 1. The molecule has 0 aliphatic carbocycles. The molecule has 1 N–H and O–H groups in total. The maximum atomic E-state index is 13.5. The molecule has 1 amide bonds. The van der Waals surface area contributed by atoms with Crippen LogP contribution in [-0.2, 0) is 0 Å². The molecule has 0 bridgehead atoms. The lowest BCUT2D eigenvalue weighted by atomic mass is 10.1. The van der Waals surface area contributed by atoms with Gasteiger partial charge in [-0.15, -0.1) is 0 Å². The van der Waals surface area contributed by atoms with E-state index in [0.29, 0.717) is 0 Å². The van der Waals surface area contributed by atoms with E-state index in [2.05, 4.69) is 10.5 Å². The SMILES string of the molecule is O=C(N/N=C\c1cccc2ccccc12)c1cc(F)ccc1F. The Kier molecular flexibility index (Phi) is 4.10. The normalized spacial score (nSPS) is 11.0. The van der Waals surface area contributed by atoms with E-state index in [1.165, 1.54) is 6.21 Å². The van der Waals surface area contributed by atoms with Gasteiger partial charge in [0.2, 0.25) is 0 Å². The average Bonchev–Trinajstić information content (AvgIpc) is 2.57. The summed E-state index contributed by atoms with van der Waals surface area (Å²) in [5.41, 5.74) is 2.62. The molecular weight excluding hydrogens is 298 g/mol. The van der Waals surface area contributed by atoms with Gasteiger partial charge < -0.3 is 0 Å². The summed E-state index contributed by atoms with van der Waals surface area (Å²) in [5, 5.41) is 5.84. The molecular formula is C18H12F2N2O. The lowest BCUT2D eigenvalue weighted by molar-refractivity contribution is 0.0950. The van der Waals surface area contributed by atoms with Crippen molar-refractivity contribution in [3.63, 3.8) is 0 Å². The van der Waals surface area contributed by atoms with Crippen LogP contribution in [0.5, 0.6) is 0 Å². The molecule has 0 fully saturated rings. The predicted molar refractivity (Wildman–Crippen MR) is 85.4 cm³/mol. The van der Waals surface area contributed by atoms with E-state index >= 15 is 0 Å². The number of amides is 1. The van der Waals surface area contributed by atoms with Crippen LogP contribution in [0.25, 0.3) is 10.8 Å². The fourth-order valence-electron chi connectivity index (χ4n) is 2.26. The molecule has 114 valence electrons. The smallest absolute Gasteiger partial charge is 0.267 e. The molecule has 0 heterocycles. The van der Waals surface area contributed by atoms with Gasteiger partial charge in [0.25, 0.3) is 5.91 Å². The van der Waals surface area contributed by atoms with Gasteiger partial charge in [-0.3, -0.25) is 4.79 Å². The number of halogens is 2. The van der Waals surface area contributed by atoms with Crippen molar-refractivity contribution in [2.24, 2.45) is 5.10 Å². The summed E-state index contributed by atoms with van der Waals surface area (Å²) < 4.78 is 26.6. The molecule has 23 heavy (non-hydrogen) atoms. The average molecular weight is 310 g/mol. The minimum atomic E-state index is -0.807. The van der Waals surface area contributed by atoms with Crippen LogP contribution in [0.4, 0.5) is 8.78 Å². The van der Waals surface area contributed by atoms with Crippen LogP contribution in [0.2, 0.25) is 0 Å². The van der Waals surface area contributed by atoms with Crippen LogP contribution in [0, 0.1) is 11.6 Å². The summed E-state index contributed by atoms with van der Waals surface area (Å²) >= 11 is 0. The van der Waals surface area contributed by atoms with Gasteiger partial charge in [-0.2, -0.15) is 5.10 Å². The lowest BCUT2D eigenvalue weighted by Gasteiger charge is -2.03. The molecule has 0 saturated heterocycles. The molecule has 0 aromatic heterocycles. The summed E-state index contributed by atoms with van der Waals surface area (Å²) in [6, 6.07) is 16.1. The molecule has 5 heteroatoms. The van der Waals surface area contributed by atoms with E-state index in [9.17, 15) is 13.6 Å². The van der Waals surface area contributed by atoms with Gasteiger partial charge in [0, 0.05) is 5.56 Å². The van der Waals surface area contributed by atoms with E-state index in [0.717, 1.165) is 34.5 Å². The zero-order chi connectivity index (χ0) is 16.2. The molecule has 3 rings (SSSR count). The number of rotatable bonds is 3. The third-order valence-corrected chi connectivity index (χ3v) is 3.37. The standard InChI is InChI=1S/C18H12F2N2O/c19-14-8-9-17(20)16(10-14)18(23)22-21-11-13-6-3-5-12-4-1-2-7-15(12)13/h1-11H,(H,22,23)/b21-11-. The third kappa shape index (κ3) is 3.23. The van der Waals surface area contributed by atoms with Gasteiger partial charge in [0.05, 0.1) is 11.8 Å². The first kappa shape index (κ1) is 14.8. The highest BCUT2D eigenvalue weighted by Gasteiger charge is 2.11. The zero-order valence-corrected chi connectivity index (χ0v) is 12.0. The van der Waals surface area contributed by atoms with Crippen LogP contribution < -0.4 is 5.43 Å². The topological polar surface area (TPSA) is 41.5 Å². The first-order chi connectivity index (χ1) is 11.1. The van der Waals surface area contributed by atoms with Crippen molar-refractivity contribution in [2.45, 2.75) is 0 Å². The first-order valence-corrected chi connectivity index (χ1v) is 6.91. The van der Waals surface area contributed by atoms with Crippen LogP contribution in [0.15, 0.2) is 65.8 Å². The number of benzene rings is 3. The number of hydrazone groups is 1. The van der Waals surface area contributed by atoms with Gasteiger partial charge in [0.15, 0.2) is 0 Å². The van der Waals surface area contributed by atoms with E-state index in [1.54, 1.807) is 0 Å². The van der Waals surface area contributed by atoms with Crippen molar-refractivity contribution in [2.75, 3.05) is 0 Å². The molecule has 3 nitrogen and oxygen atoms in total. The Morgan fingerprint density at radius 3 is 2.65 bits per heavy atom. The molecule has 0 radical (unpaired) electrons.